The van der Waals surface area contributed by atoms with Crippen molar-refractivity contribution in [1.29, 1.82) is 0 Å². The number of anilines is 3. The van der Waals surface area contributed by atoms with Crippen molar-refractivity contribution in [3.8, 4) is 0 Å². The summed E-state index contributed by atoms with van der Waals surface area (Å²) < 4.78 is 0. The van der Waals surface area contributed by atoms with E-state index in [2.05, 4.69) is 56.4 Å². The van der Waals surface area contributed by atoms with E-state index in [1.807, 2.05) is 18.2 Å². The Morgan fingerprint density at radius 2 is 1.28 bits per heavy atom. The summed E-state index contributed by atoms with van der Waals surface area (Å²) in [6, 6.07) is 18.5. The van der Waals surface area contributed by atoms with E-state index in [0.717, 1.165) is 75.1 Å². The molecule has 0 bridgehead atoms. The van der Waals surface area contributed by atoms with Crippen LogP contribution in [-0.4, -0.2) is 67.3 Å². The molecule has 7 nitrogen and oxygen atoms in total. The molecule has 1 N–H and O–H groups in total. The van der Waals surface area contributed by atoms with Gasteiger partial charge in [-0.25, -0.2) is 0 Å². The molecule has 2 saturated heterocycles. The van der Waals surface area contributed by atoms with Crippen molar-refractivity contribution in [2.75, 3.05) is 67.1 Å². The number of hydrogen-bond donors (Lipinski definition) is 1. The van der Waals surface area contributed by atoms with E-state index in [1.165, 1.54) is 11.3 Å². The third-order valence-electron chi connectivity index (χ3n) is 6.02. The van der Waals surface area contributed by atoms with E-state index in [-0.39, 0.29) is 0 Å². The third-order valence-corrected chi connectivity index (χ3v) is 6.27. The summed E-state index contributed by atoms with van der Waals surface area (Å²) in [5, 5.41) is 4.17. The summed E-state index contributed by atoms with van der Waals surface area (Å²) in [5.41, 5.74) is 2.42. The fourth-order valence-corrected chi connectivity index (χ4v) is 4.34. The molecular formula is C24H28ClN7. The molecule has 2 aromatic carbocycles. The summed E-state index contributed by atoms with van der Waals surface area (Å²) >= 11 is 6.05. The zero-order valence-electron chi connectivity index (χ0n) is 18.1. The van der Waals surface area contributed by atoms with Gasteiger partial charge in [0.2, 0.25) is 11.9 Å². The Hall–Kier alpha value is -2.90. The smallest absolute Gasteiger partial charge is 0.230 e. The van der Waals surface area contributed by atoms with Gasteiger partial charge in [-0.1, -0.05) is 41.9 Å². The third kappa shape index (κ3) is 4.95. The minimum atomic E-state index is 0.709. The van der Waals surface area contributed by atoms with Gasteiger partial charge in [0.25, 0.3) is 0 Å². The lowest BCUT2D eigenvalue weighted by Gasteiger charge is -2.36. The largest absolute Gasteiger partial charge is 0.368 e. The van der Waals surface area contributed by atoms with Gasteiger partial charge in [0.1, 0.15) is 5.82 Å². The predicted octanol–water partition coefficient (Wildman–Crippen LogP) is 2.85. The number of piperazine rings is 2. The molecule has 0 aliphatic carbocycles. The zero-order chi connectivity index (χ0) is 21.8. The van der Waals surface area contributed by atoms with Crippen LogP contribution in [0, 0.1) is 0 Å². The van der Waals surface area contributed by atoms with Gasteiger partial charge in [-0.2, -0.15) is 15.0 Å². The first-order valence-electron chi connectivity index (χ1n) is 11.2. The fourth-order valence-electron chi connectivity index (χ4n) is 4.22. The standard InChI is InChI=1S/C24H28ClN7/c25-20-6-8-21(9-7-20)30-14-16-32(17-15-30)24-28-22(18-19-4-2-1-3-5-19)27-23(29-24)31-12-10-26-11-13-31/h1-9,26H,10-18H2. The molecule has 0 radical (unpaired) electrons. The highest BCUT2D eigenvalue weighted by Crippen LogP contribution is 2.22. The minimum Gasteiger partial charge on any atom is -0.368 e. The first kappa shape index (κ1) is 21.0. The van der Waals surface area contributed by atoms with Crippen molar-refractivity contribution < 1.29 is 0 Å². The summed E-state index contributed by atoms with van der Waals surface area (Å²) in [7, 11) is 0. The highest BCUT2D eigenvalue weighted by Gasteiger charge is 2.23. The van der Waals surface area contributed by atoms with E-state index in [9.17, 15) is 0 Å². The highest BCUT2D eigenvalue weighted by atomic mass is 35.5. The summed E-state index contributed by atoms with van der Waals surface area (Å²) in [5.74, 6) is 2.41. The summed E-state index contributed by atoms with van der Waals surface area (Å²) in [6.45, 7) is 7.33. The van der Waals surface area contributed by atoms with Crippen LogP contribution in [-0.2, 0) is 6.42 Å². The predicted molar refractivity (Wildman–Crippen MR) is 130 cm³/mol. The van der Waals surface area contributed by atoms with Crippen LogP contribution in [0.3, 0.4) is 0 Å². The number of nitrogens with zero attached hydrogens (tertiary/aromatic N) is 6. The van der Waals surface area contributed by atoms with E-state index in [4.69, 9.17) is 26.6 Å². The van der Waals surface area contributed by atoms with Crippen LogP contribution in [0.25, 0.3) is 0 Å². The topological polar surface area (TPSA) is 60.4 Å². The van der Waals surface area contributed by atoms with E-state index >= 15 is 0 Å². The lowest BCUT2D eigenvalue weighted by Crippen LogP contribution is -2.48. The summed E-state index contributed by atoms with van der Waals surface area (Å²) in [6.07, 6.45) is 0.709. The van der Waals surface area contributed by atoms with Crippen LogP contribution in [0.15, 0.2) is 54.6 Å². The van der Waals surface area contributed by atoms with Crippen molar-refractivity contribution in [1.82, 2.24) is 20.3 Å². The Kier molecular flexibility index (Phi) is 6.36. The molecular weight excluding hydrogens is 422 g/mol. The maximum absolute atomic E-state index is 6.05. The molecule has 3 aromatic rings. The van der Waals surface area contributed by atoms with Gasteiger partial charge in [-0.15, -0.1) is 0 Å². The number of nitrogens with one attached hydrogen (secondary N) is 1. The second kappa shape index (κ2) is 9.71. The Morgan fingerprint density at radius 3 is 1.94 bits per heavy atom. The van der Waals surface area contributed by atoms with Crippen LogP contribution in [0.1, 0.15) is 11.4 Å². The normalized spacial score (nSPS) is 17.0. The van der Waals surface area contributed by atoms with Crippen LogP contribution in [0.5, 0.6) is 0 Å². The first-order chi connectivity index (χ1) is 15.7. The van der Waals surface area contributed by atoms with Crippen LogP contribution >= 0.6 is 11.6 Å². The van der Waals surface area contributed by atoms with Gasteiger partial charge in [-0.3, -0.25) is 0 Å². The van der Waals surface area contributed by atoms with Crippen LogP contribution in [0.2, 0.25) is 5.02 Å². The SMILES string of the molecule is Clc1ccc(N2CCN(c3nc(Cc4ccccc4)nc(N4CCNCC4)n3)CC2)cc1. The molecule has 5 rings (SSSR count). The first-order valence-corrected chi connectivity index (χ1v) is 11.6. The molecule has 32 heavy (non-hydrogen) atoms. The molecule has 2 fully saturated rings. The van der Waals surface area contributed by atoms with Gasteiger partial charge < -0.3 is 20.0 Å². The van der Waals surface area contributed by atoms with E-state index in [0.29, 0.717) is 6.42 Å². The molecule has 0 amide bonds. The van der Waals surface area contributed by atoms with Crippen molar-refractivity contribution in [3.63, 3.8) is 0 Å². The van der Waals surface area contributed by atoms with Crippen LogP contribution in [0.4, 0.5) is 17.6 Å². The number of hydrogen-bond acceptors (Lipinski definition) is 7. The van der Waals surface area contributed by atoms with Gasteiger partial charge in [-0.05, 0) is 29.8 Å². The quantitative estimate of drug-likeness (QED) is 0.642. The molecule has 0 unspecified atom stereocenters. The second-order valence-electron chi connectivity index (χ2n) is 8.20. The average molecular weight is 450 g/mol. The maximum atomic E-state index is 6.05. The molecule has 0 spiro atoms. The molecule has 166 valence electrons. The van der Waals surface area contributed by atoms with Gasteiger partial charge in [0.05, 0.1) is 0 Å². The Balaban J connectivity index is 1.36. The van der Waals surface area contributed by atoms with Crippen LogP contribution < -0.4 is 20.0 Å². The molecule has 0 saturated carbocycles. The lowest BCUT2D eigenvalue weighted by atomic mass is 10.1. The van der Waals surface area contributed by atoms with E-state index in [1.54, 1.807) is 0 Å². The van der Waals surface area contributed by atoms with Gasteiger partial charge in [0.15, 0.2) is 0 Å². The Bertz CT molecular complexity index is 1010. The van der Waals surface area contributed by atoms with Crippen molar-refractivity contribution in [2.24, 2.45) is 0 Å². The van der Waals surface area contributed by atoms with Crippen molar-refractivity contribution >= 4 is 29.2 Å². The molecule has 0 atom stereocenters. The maximum Gasteiger partial charge on any atom is 0.230 e. The summed E-state index contributed by atoms with van der Waals surface area (Å²) in [4.78, 5) is 21.6. The molecule has 8 heteroatoms. The number of rotatable bonds is 5. The minimum absolute atomic E-state index is 0.709. The number of halogens is 1. The molecule has 2 aliphatic heterocycles. The van der Waals surface area contributed by atoms with E-state index < -0.39 is 0 Å². The monoisotopic (exact) mass is 449 g/mol. The second-order valence-corrected chi connectivity index (χ2v) is 8.64. The van der Waals surface area contributed by atoms with Crippen molar-refractivity contribution in [2.45, 2.75) is 6.42 Å². The zero-order valence-corrected chi connectivity index (χ0v) is 18.9. The van der Waals surface area contributed by atoms with Gasteiger partial charge in [0, 0.05) is 69.5 Å². The highest BCUT2D eigenvalue weighted by molar-refractivity contribution is 6.30. The molecule has 2 aliphatic rings. The van der Waals surface area contributed by atoms with Crippen molar-refractivity contribution in [3.05, 3.63) is 71.0 Å². The lowest BCUT2D eigenvalue weighted by molar-refractivity contribution is 0.575. The molecule has 3 heterocycles. The number of benzene rings is 2. The van der Waals surface area contributed by atoms with Gasteiger partial charge >= 0.3 is 0 Å². The average Bonchev–Trinajstić information content (AvgIpc) is 2.86. The molecule has 1 aromatic heterocycles. The fraction of sp³-hybridized carbons (Fsp3) is 0.375. The number of aromatic nitrogens is 3. The Labute approximate surface area is 194 Å². The Morgan fingerprint density at radius 1 is 0.688 bits per heavy atom.